The van der Waals surface area contributed by atoms with Gasteiger partial charge in [-0.3, -0.25) is 9.35 Å². The molecular weight excluding hydrogens is 357 g/mol. The van der Waals surface area contributed by atoms with Crippen LogP contribution in [0.4, 0.5) is 13.2 Å². The predicted octanol–water partition coefficient (Wildman–Crippen LogP) is 1.32. The van der Waals surface area contributed by atoms with E-state index in [0.717, 1.165) is 0 Å². The van der Waals surface area contributed by atoms with Crippen molar-refractivity contribution in [2.75, 3.05) is 19.0 Å². The number of alkyl halides is 3. The minimum Gasteiger partial charge on any atom is -0.448 e. The fraction of sp³-hybridized carbons (Fsp3) is 0.923. The van der Waals surface area contributed by atoms with E-state index in [4.69, 9.17) is 14.0 Å². The summed E-state index contributed by atoms with van der Waals surface area (Å²) in [7, 11) is -4.99. The van der Waals surface area contributed by atoms with Crippen molar-refractivity contribution in [1.29, 1.82) is 0 Å². The third kappa shape index (κ3) is 5.30. The fourth-order valence-corrected chi connectivity index (χ4v) is 3.45. The molecule has 2 rings (SSSR count). The third-order valence-corrected chi connectivity index (χ3v) is 4.94. The lowest BCUT2D eigenvalue weighted by molar-refractivity contribution is -0.257. The number of epoxide rings is 1. The Balaban J connectivity index is 1.94. The quantitative estimate of drug-likeness (QED) is 0.406. The highest BCUT2D eigenvalue weighted by Gasteiger charge is 2.57. The first-order valence-electron chi connectivity index (χ1n) is 7.37. The summed E-state index contributed by atoms with van der Waals surface area (Å²) in [5.74, 6) is -3.70. The van der Waals surface area contributed by atoms with Gasteiger partial charge in [-0.25, -0.2) is 0 Å². The summed E-state index contributed by atoms with van der Waals surface area (Å²) in [5.41, 5.74) is -3.31. The molecule has 1 heterocycles. The highest BCUT2D eigenvalue weighted by molar-refractivity contribution is 7.85. The second-order valence-corrected chi connectivity index (χ2v) is 7.75. The molecule has 1 saturated heterocycles. The van der Waals surface area contributed by atoms with Crippen LogP contribution in [-0.2, 0) is 29.1 Å². The highest BCUT2D eigenvalue weighted by Crippen LogP contribution is 2.37. The first-order valence-corrected chi connectivity index (χ1v) is 8.98. The number of ether oxygens (including phenoxy) is 3. The molecule has 0 spiro atoms. The summed E-state index contributed by atoms with van der Waals surface area (Å²) in [6, 6.07) is 0. The zero-order valence-electron chi connectivity index (χ0n) is 12.9. The van der Waals surface area contributed by atoms with Gasteiger partial charge >= 0.3 is 12.1 Å². The van der Waals surface area contributed by atoms with Crippen molar-refractivity contribution in [2.24, 2.45) is 5.92 Å². The number of rotatable bonds is 7. The molecule has 0 amide bonds. The Morgan fingerprint density at radius 3 is 2.46 bits per heavy atom. The van der Waals surface area contributed by atoms with E-state index < -0.39 is 39.5 Å². The van der Waals surface area contributed by atoms with Gasteiger partial charge in [0, 0.05) is 0 Å². The second-order valence-electron chi connectivity index (χ2n) is 6.30. The van der Waals surface area contributed by atoms with Crippen molar-refractivity contribution in [3.8, 4) is 0 Å². The lowest BCUT2D eigenvalue weighted by Crippen LogP contribution is -2.52. The van der Waals surface area contributed by atoms with E-state index in [1.165, 1.54) is 0 Å². The van der Waals surface area contributed by atoms with E-state index in [-0.39, 0.29) is 25.0 Å². The molecule has 1 aliphatic heterocycles. The average Bonchev–Trinajstić information content (AvgIpc) is 3.09. The number of esters is 1. The molecule has 0 aromatic carbocycles. The second kappa shape index (κ2) is 6.77. The minimum absolute atomic E-state index is 0.0410. The summed E-state index contributed by atoms with van der Waals surface area (Å²) in [5, 5.41) is 0. The lowest BCUT2D eigenvalue weighted by atomic mass is 10.1. The van der Waals surface area contributed by atoms with Crippen LogP contribution in [-0.4, -0.2) is 61.9 Å². The monoisotopic (exact) mass is 376 g/mol. The zero-order valence-corrected chi connectivity index (χ0v) is 13.7. The molecule has 0 aromatic heterocycles. The van der Waals surface area contributed by atoms with Crippen molar-refractivity contribution >= 4 is 16.1 Å². The number of hydrogen-bond acceptors (Lipinski definition) is 6. The molecule has 1 saturated carbocycles. The van der Waals surface area contributed by atoms with E-state index in [0.29, 0.717) is 26.6 Å². The van der Waals surface area contributed by atoms with Gasteiger partial charge in [0.15, 0.2) is 0 Å². The van der Waals surface area contributed by atoms with Gasteiger partial charge in [-0.1, -0.05) is 0 Å². The number of hydrogen-bond donors (Lipinski definition) is 1. The SMILES string of the molecule is CC(CS(=O)(=O)O)(OC(=O)C1CCC(OCC2CO2)C1)C(F)(F)F. The van der Waals surface area contributed by atoms with Gasteiger partial charge in [-0.05, 0) is 26.2 Å². The van der Waals surface area contributed by atoms with Crippen LogP contribution in [0.2, 0.25) is 0 Å². The molecule has 1 aliphatic carbocycles. The fourth-order valence-electron chi connectivity index (χ4n) is 2.54. The van der Waals surface area contributed by atoms with Crippen LogP contribution in [0.15, 0.2) is 0 Å². The summed E-state index contributed by atoms with van der Waals surface area (Å²) < 4.78 is 84.6. The van der Waals surface area contributed by atoms with Crippen molar-refractivity contribution in [3.05, 3.63) is 0 Å². The summed E-state index contributed by atoms with van der Waals surface area (Å²) in [6.07, 6.45) is -4.39. The first kappa shape index (κ1) is 19.4. The standard InChI is InChI=1S/C13H19F3O7S/c1-12(13(14,15)16,7-24(18,19)20)23-11(17)8-2-3-9(4-8)21-5-10-6-22-10/h8-10H,2-7H2,1H3,(H,18,19,20). The smallest absolute Gasteiger partial charge is 0.429 e. The van der Waals surface area contributed by atoms with Crippen molar-refractivity contribution in [1.82, 2.24) is 0 Å². The van der Waals surface area contributed by atoms with Gasteiger partial charge in [0.2, 0.25) is 5.60 Å². The molecule has 2 aliphatic rings. The highest BCUT2D eigenvalue weighted by atomic mass is 32.2. The van der Waals surface area contributed by atoms with Crippen molar-refractivity contribution < 1.29 is 45.1 Å². The maximum Gasteiger partial charge on any atom is 0.429 e. The maximum absolute atomic E-state index is 13.1. The molecule has 1 N–H and O–H groups in total. The molecule has 0 bridgehead atoms. The van der Waals surface area contributed by atoms with Gasteiger partial charge in [-0.2, -0.15) is 21.6 Å². The zero-order chi connectivity index (χ0) is 18.2. The molecular formula is C13H19F3O7S. The summed E-state index contributed by atoms with van der Waals surface area (Å²) in [6.45, 7) is 1.40. The Labute approximate surface area is 137 Å². The maximum atomic E-state index is 13.1. The van der Waals surface area contributed by atoms with Crippen LogP contribution in [0, 0.1) is 5.92 Å². The Morgan fingerprint density at radius 1 is 1.33 bits per heavy atom. The first-order chi connectivity index (χ1) is 10.9. The Kier molecular flexibility index (Phi) is 5.48. The van der Waals surface area contributed by atoms with Gasteiger partial charge in [-0.15, -0.1) is 0 Å². The van der Waals surface area contributed by atoms with Crippen LogP contribution in [0.25, 0.3) is 0 Å². The number of carbonyl (C=O) groups is 1. The van der Waals surface area contributed by atoms with E-state index in [1.54, 1.807) is 0 Å². The van der Waals surface area contributed by atoms with Crippen LogP contribution >= 0.6 is 0 Å². The topological polar surface area (TPSA) is 102 Å². The van der Waals surface area contributed by atoms with Crippen LogP contribution in [0.1, 0.15) is 26.2 Å². The third-order valence-electron chi connectivity index (χ3n) is 4.02. The molecule has 4 unspecified atom stereocenters. The molecule has 0 aromatic rings. The van der Waals surface area contributed by atoms with Crippen LogP contribution in [0.3, 0.4) is 0 Å². The van der Waals surface area contributed by atoms with Gasteiger partial charge < -0.3 is 14.2 Å². The number of halogens is 3. The molecule has 0 radical (unpaired) electrons. The number of carbonyl (C=O) groups excluding carboxylic acids is 1. The van der Waals surface area contributed by atoms with Gasteiger partial charge in [0.25, 0.3) is 10.1 Å². The van der Waals surface area contributed by atoms with Crippen molar-refractivity contribution in [2.45, 2.75) is 50.2 Å². The van der Waals surface area contributed by atoms with Gasteiger partial charge in [0.1, 0.15) is 11.9 Å². The predicted molar refractivity (Wildman–Crippen MR) is 73.8 cm³/mol. The van der Waals surface area contributed by atoms with E-state index >= 15 is 0 Å². The minimum atomic E-state index is -5.14. The molecule has 2 fully saturated rings. The molecule has 11 heteroatoms. The summed E-state index contributed by atoms with van der Waals surface area (Å²) >= 11 is 0. The summed E-state index contributed by atoms with van der Waals surface area (Å²) in [4.78, 5) is 12.0. The Hall–Kier alpha value is -0.910. The van der Waals surface area contributed by atoms with E-state index in [2.05, 4.69) is 4.74 Å². The molecule has 140 valence electrons. The van der Waals surface area contributed by atoms with Gasteiger partial charge in [0.05, 0.1) is 25.2 Å². The Morgan fingerprint density at radius 2 is 1.96 bits per heavy atom. The lowest BCUT2D eigenvalue weighted by Gasteiger charge is -2.31. The van der Waals surface area contributed by atoms with E-state index in [9.17, 15) is 26.4 Å². The van der Waals surface area contributed by atoms with Crippen molar-refractivity contribution in [3.63, 3.8) is 0 Å². The largest absolute Gasteiger partial charge is 0.448 e. The normalized spacial score (nSPS) is 30.0. The Bertz CT molecular complexity index is 573. The van der Waals surface area contributed by atoms with Crippen LogP contribution in [0.5, 0.6) is 0 Å². The van der Waals surface area contributed by atoms with Crippen LogP contribution < -0.4 is 0 Å². The van der Waals surface area contributed by atoms with E-state index in [1.807, 2.05) is 0 Å². The molecule has 4 atom stereocenters. The average molecular weight is 376 g/mol. The molecule has 24 heavy (non-hydrogen) atoms. The molecule has 7 nitrogen and oxygen atoms in total.